The van der Waals surface area contributed by atoms with E-state index in [-0.39, 0.29) is 29.0 Å². The minimum Gasteiger partial charge on any atom is -0.453 e. The Balaban J connectivity index is 2.76. The summed E-state index contributed by atoms with van der Waals surface area (Å²) >= 11 is 4.11. The third kappa shape index (κ3) is 3.55. The van der Waals surface area contributed by atoms with Gasteiger partial charge in [-0.25, -0.2) is 4.79 Å². The number of hydrogen-bond acceptors (Lipinski definition) is 6. The first kappa shape index (κ1) is 17.9. The summed E-state index contributed by atoms with van der Waals surface area (Å²) < 4.78 is 4.50. The highest BCUT2D eigenvalue weighted by atomic mass is 32.1. The van der Waals surface area contributed by atoms with Crippen molar-refractivity contribution in [2.45, 2.75) is 18.1 Å². The van der Waals surface area contributed by atoms with Crippen LogP contribution in [0.25, 0.3) is 0 Å². The first-order valence-electron chi connectivity index (χ1n) is 6.96. The van der Waals surface area contributed by atoms with E-state index in [1.54, 1.807) is 0 Å². The van der Waals surface area contributed by atoms with Crippen molar-refractivity contribution in [3.05, 3.63) is 35.1 Å². The molecule has 0 aromatic carbocycles. The highest BCUT2D eigenvalue weighted by molar-refractivity contribution is 7.80. The van der Waals surface area contributed by atoms with Gasteiger partial charge in [0.1, 0.15) is 6.10 Å². The fourth-order valence-electron chi connectivity index (χ4n) is 2.42. The molecule has 124 valence electrons. The quantitative estimate of drug-likeness (QED) is 0.420. The second kappa shape index (κ2) is 7.41. The molecule has 0 saturated heterocycles. The van der Waals surface area contributed by atoms with Gasteiger partial charge in [0.05, 0.1) is 19.2 Å². The van der Waals surface area contributed by atoms with Gasteiger partial charge < -0.3 is 14.9 Å². The molecule has 0 radical (unpaired) electrons. The molecule has 1 amide bonds. The minimum absolute atomic E-state index is 0.00898. The van der Waals surface area contributed by atoms with Crippen molar-refractivity contribution in [3.8, 4) is 23.7 Å². The zero-order valence-electron chi connectivity index (χ0n) is 12.8. The van der Waals surface area contributed by atoms with Crippen LogP contribution in [0, 0.1) is 23.7 Å². The van der Waals surface area contributed by atoms with Gasteiger partial charge in [-0.1, -0.05) is 29.8 Å². The molecule has 0 fully saturated rings. The third-order valence-corrected chi connectivity index (χ3v) is 3.61. The molecule has 2 unspecified atom stereocenters. The summed E-state index contributed by atoms with van der Waals surface area (Å²) in [6.07, 6.45) is 1.69. The van der Waals surface area contributed by atoms with Crippen LogP contribution in [0.2, 0.25) is 0 Å². The fourth-order valence-corrected chi connectivity index (χ4v) is 2.61. The van der Waals surface area contributed by atoms with E-state index < -0.39 is 23.6 Å². The number of allylic oxidation sites excluding steroid dienone is 3. The summed E-state index contributed by atoms with van der Waals surface area (Å²) in [5, 5.41) is 23.5. The Morgan fingerprint density at radius 1 is 1.54 bits per heavy atom. The van der Waals surface area contributed by atoms with E-state index in [1.165, 1.54) is 18.2 Å². The van der Waals surface area contributed by atoms with Crippen LogP contribution < -0.4 is 5.32 Å². The fraction of sp³-hybridized carbons (Fsp3) is 0.294. The topological polar surface area (TPSA) is 95.9 Å². The van der Waals surface area contributed by atoms with E-state index in [9.17, 15) is 19.8 Å². The van der Waals surface area contributed by atoms with Crippen LogP contribution in [0.3, 0.4) is 0 Å². The monoisotopic (exact) mass is 345 g/mol. The first-order chi connectivity index (χ1) is 11.4. The molecular weight excluding hydrogens is 330 g/mol. The normalized spacial score (nSPS) is 28.2. The summed E-state index contributed by atoms with van der Waals surface area (Å²) in [7, 11) is 1.15. The van der Waals surface area contributed by atoms with E-state index in [2.05, 4.69) is 46.4 Å². The van der Waals surface area contributed by atoms with Crippen molar-refractivity contribution in [1.82, 2.24) is 5.32 Å². The van der Waals surface area contributed by atoms with Crippen LogP contribution in [0.1, 0.15) is 6.42 Å². The smallest absolute Gasteiger partial charge is 0.411 e. The molecule has 0 aliphatic heterocycles. The number of carbonyl (C=O) groups excluding carboxylic acids is 2. The highest BCUT2D eigenvalue weighted by Crippen LogP contribution is 2.37. The molecule has 2 rings (SSSR count). The lowest BCUT2D eigenvalue weighted by Gasteiger charge is -2.34. The zero-order valence-corrected chi connectivity index (χ0v) is 13.7. The van der Waals surface area contributed by atoms with Gasteiger partial charge in [-0.2, -0.15) is 12.6 Å². The number of methoxy groups -OCH3 is 1. The number of Topliss-reactive ketones (excluding diaryl/α,β-unsaturated/α-hetero) is 1. The number of carbonyl (C=O) groups is 2. The molecule has 2 bridgehead atoms. The molecule has 0 aromatic heterocycles. The van der Waals surface area contributed by atoms with E-state index in [0.29, 0.717) is 0 Å². The largest absolute Gasteiger partial charge is 0.453 e. The molecule has 0 saturated carbocycles. The average molecular weight is 345 g/mol. The molecule has 6 nitrogen and oxygen atoms in total. The summed E-state index contributed by atoms with van der Waals surface area (Å²) in [5.41, 5.74) is -1.80. The Morgan fingerprint density at radius 3 is 2.92 bits per heavy atom. The Bertz CT molecular complexity index is 787. The number of amides is 1. The van der Waals surface area contributed by atoms with Gasteiger partial charge in [-0.3, -0.25) is 10.1 Å². The van der Waals surface area contributed by atoms with E-state index in [4.69, 9.17) is 0 Å². The number of ether oxygens (including phenoxy) is 1. The Kier molecular flexibility index (Phi) is 5.53. The van der Waals surface area contributed by atoms with Crippen molar-refractivity contribution >= 4 is 24.5 Å². The maximum absolute atomic E-state index is 12.4. The molecule has 2 aliphatic rings. The number of rotatable bonds is 2. The van der Waals surface area contributed by atoms with Gasteiger partial charge >= 0.3 is 6.09 Å². The standard InChI is InChI=1S/C17H15NO5S/c1-23-16(21)18-15-13(20)10-17(22)8-5-3-2-4-6-12(19)14(15)11(17)7-9-24/h2-3,7,12,19,22,24H,9-10H2,1H3,(H,18,21)/b3-2+,11-7-. The number of alkyl carbamates (subject to hydrolysis) is 1. The molecule has 0 aromatic rings. The second-order valence-electron chi connectivity index (χ2n) is 4.96. The summed E-state index contributed by atoms with van der Waals surface area (Å²) in [4.78, 5) is 24.0. The Morgan fingerprint density at radius 2 is 2.25 bits per heavy atom. The number of nitrogens with one attached hydrogen (secondary N) is 1. The SMILES string of the molecule is COC(=O)NC1=C2/C(=C/CS)C(O)(C#C/C=C/C#CC2O)CC1=O. The number of ketones is 1. The third-order valence-electron chi connectivity index (χ3n) is 3.43. The lowest BCUT2D eigenvalue weighted by molar-refractivity contribution is -0.119. The molecule has 2 aliphatic carbocycles. The zero-order chi connectivity index (χ0) is 17.7. The lowest BCUT2D eigenvalue weighted by Crippen LogP contribution is -2.45. The lowest BCUT2D eigenvalue weighted by atomic mass is 9.75. The molecular formula is C17H15NO5S. The molecule has 2 atom stereocenters. The van der Waals surface area contributed by atoms with E-state index in [1.807, 2.05) is 0 Å². The van der Waals surface area contributed by atoms with Gasteiger partial charge in [0.25, 0.3) is 0 Å². The molecule has 0 heterocycles. The van der Waals surface area contributed by atoms with Gasteiger partial charge in [-0.15, -0.1) is 0 Å². The van der Waals surface area contributed by atoms with Crippen molar-refractivity contribution in [2.75, 3.05) is 12.9 Å². The van der Waals surface area contributed by atoms with Crippen LogP contribution >= 0.6 is 12.6 Å². The first-order valence-corrected chi connectivity index (χ1v) is 7.59. The molecule has 3 N–H and O–H groups in total. The number of fused-ring (bicyclic) bond motifs is 2. The highest BCUT2D eigenvalue weighted by Gasteiger charge is 2.44. The van der Waals surface area contributed by atoms with Crippen LogP contribution in [0.15, 0.2) is 35.1 Å². The maximum Gasteiger partial charge on any atom is 0.411 e. The predicted octanol–water partition coefficient (Wildman–Crippen LogP) is 0.0941. The van der Waals surface area contributed by atoms with Crippen LogP contribution in [0.4, 0.5) is 4.79 Å². The van der Waals surface area contributed by atoms with Crippen LogP contribution in [-0.2, 0) is 9.53 Å². The minimum atomic E-state index is -1.80. The molecule has 0 spiro atoms. The Hall–Kier alpha value is -2.45. The average Bonchev–Trinajstić information content (AvgIpc) is 2.54. The molecule has 24 heavy (non-hydrogen) atoms. The number of aliphatic hydroxyl groups excluding tert-OH is 1. The van der Waals surface area contributed by atoms with E-state index in [0.717, 1.165) is 7.11 Å². The second-order valence-corrected chi connectivity index (χ2v) is 5.32. The number of thiol groups is 1. The van der Waals surface area contributed by atoms with Crippen molar-refractivity contribution in [3.63, 3.8) is 0 Å². The van der Waals surface area contributed by atoms with Crippen molar-refractivity contribution < 1.29 is 24.5 Å². The Labute approximate surface area is 144 Å². The number of hydrogen-bond donors (Lipinski definition) is 4. The summed E-state index contributed by atoms with van der Waals surface area (Å²) in [5.74, 6) is 9.98. The molecule has 7 heteroatoms. The van der Waals surface area contributed by atoms with Gasteiger partial charge in [-0.05, 0) is 12.2 Å². The summed E-state index contributed by atoms with van der Waals surface area (Å²) in [6.45, 7) is 0. The van der Waals surface area contributed by atoms with Gasteiger partial charge in [0.2, 0.25) is 0 Å². The number of aliphatic hydroxyl groups is 2. The van der Waals surface area contributed by atoms with Crippen molar-refractivity contribution in [2.24, 2.45) is 0 Å². The van der Waals surface area contributed by atoms with Gasteiger partial charge in [0.15, 0.2) is 11.4 Å². The van der Waals surface area contributed by atoms with Crippen LogP contribution in [-0.4, -0.2) is 46.7 Å². The van der Waals surface area contributed by atoms with Crippen molar-refractivity contribution in [1.29, 1.82) is 0 Å². The van der Waals surface area contributed by atoms with Crippen LogP contribution in [0.5, 0.6) is 0 Å². The maximum atomic E-state index is 12.4. The predicted molar refractivity (Wildman–Crippen MR) is 89.8 cm³/mol. The summed E-state index contributed by atoms with van der Waals surface area (Å²) in [6, 6.07) is 0. The van der Waals surface area contributed by atoms with Gasteiger partial charge in [0, 0.05) is 16.9 Å². The van der Waals surface area contributed by atoms with E-state index >= 15 is 0 Å².